The fourth-order valence-corrected chi connectivity index (χ4v) is 0.880. The maximum Gasteiger partial charge on any atom is 0.222 e. The molecule has 0 aliphatic carbocycles. The van der Waals surface area contributed by atoms with Crippen LogP contribution in [0.1, 0.15) is 33.1 Å². The average molecular weight is 172 g/mol. The molecule has 0 spiro atoms. The summed E-state index contributed by atoms with van der Waals surface area (Å²) in [7, 11) is 1.82. The molecule has 0 aliphatic rings. The van der Waals surface area contributed by atoms with Crippen LogP contribution in [0.4, 0.5) is 0 Å². The van der Waals surface area contributed by atoms with Gasteiger partial charge in [0.2, 0.25) is 5.91 Å². The Morgan fingerprint density at radius 1 is 1.50 bits per heavy atom. The van der Waals surface area contributed by atoms with Crippen LogP contribution < -0.4 is 5.73 Å². The van der Waals surface area contributed by atoms with E-state index in [4.69, 9.17) is 5.73 Å². The van der Waals surface area contributed by atoms with E-state index in [0.29, 0.717) is 6.42 Å². The number of nitrogens with two attached hydrogens (primary N) is 1. The zero-order chi connectivity index (χ0) is 9.56. The molecule has 2 N–H and O–H groups in total. The van der Waals surface area contributed by atoms with Gasteiger partial charge in [0.15, 0.2) is 0 Å². The van der Waals surface area contributed by atoms with Crippen molar-refractivity contribution in [3.8, 4) is 0 Å². The maximum absolute atomic E-state index is 11.3. The van der Waals surface area contributed by atoms with Crippen molar-refractivity contribution in [2.75, 3.05) is 13.6 Å². The maximum atomic E-state index is 11.3. The van der Waals surface area contributed by atoms with Crippen LogP contribution in [0.15, 0.2) is 0 Å². The third-order valence-electron chi connectivity index (χ3n) is 2.15. The molecule has 3 nitrogen and oxygen atoms in total. The van der Waals surface area contributed by atoms with Crippen molar-refractivity contribution in [1.82, 2.24) is 4.90 Å². The van der Waals surface area contributed by atoms with E-state index in [9.17, 15) is 4.79 Å². The minimum Gasteiger partial charge on any atom is -0.346 e. The zero-order valence-corrected chi connectivity index (χ0v) is 8.34. The number of hydrogen-bond donors (Lipinski definition) is 1. The molecule has 0 radical (unpaired) electrons. The lowest BCUT2D eigenvalue weighted by Crippen LogP contribution is -2.28. The van der Waals surface area contributed by atoms with E-state index in [0.717, 1.165) is 19.4 Å². The second-order valence-electron chi connectivity index (χ2n) is 3.11. The molecule has 0 aromatic carbocycles. The summed E-state index contributed by atoms with van der Waals surface area (Å²) in [6, 6.07) is 0.180. The number of nitrogens with zero attached hydrogens (tertiary/aromatic N) is 1. The minimum atomic E-state index is 0.180. The molecule has 0 heterocycles. The highest BCUT2D eigenvalue weighted by atomic mass is 16.2. The normalized spacial score (nSPS) is 12.7. The van der Waals surface area contributed by atoms with E-state index in [1.165, 1.54) is 0 Å². The van der Waals surface area contributed by atoms with Crippen LogP contribution in [0.5, 0.6) is 0 Å². The lowest BCUT2D eigenvalue weighted by molar-refractivity contribution is -0.129. The number of carbonyl (C=O) groups is 1. The Kier molecular flexibility index (Phi) is 5.72. The largest absolute Gasteiger partial charge is 0.346 e. The molecule has 12 heavy (non-hydrogen) atoms. The number of amides is 1. The molecule has 0 aromatic heterocycles. The molecule has 0 rings (SSSR count). The SMILES string of the molecule is CCC(N)CCC(=O)N(C)CC. The van der Waals surface area contributed by atoms with Crippen molar-refractivity contribution in [3.05, 3.63) is 0 Å². The summed E-state index contributed by atoms with van der Waals surface area (Å²) in [5.74, 6) is 0.196. The van der Waals surface area contributed by atoms with Crippen LogP contribution in [0.25, 0.3) is 0 Å². The van der Waals surface area contributed by atoms with Gasteiger partial charge >= 0.3 is 0 Å². The van der Waals surface area contributed by atoms with E-state index < -0.39 is 0 Å². The summed E-state index contributed by atoms with van der Waals surface area (Å²) in [5, 5.41) is 0. The minimum absolute atomic E-state index is 0.180. The topological polar surface area (TPSA) is 46.3 Å². The van der Waals surface area contributed by atoms with E-state index in [1.807, 2.05) is 20.9 Å². The molecule has 1 atom stereocenters. The third kappa shape index (κ3) is 4.34. The Labute approximate surface area is 74.9 Å². The van der Waals surface area contributed by atoms with Crippen molar-refractivity contribution in [1.29, 1.82) is 0 Å². The molecule has 72 valence electrons. The van der Waals surface area contributed by atoms with Crippen molar-refractivity contribution >= 4 is 5.91 Å². The summed E-state index contributed by atoms with van der Waals surface area (Å²) < 4.78 is 0. The zero-order valence-electron chi connectivity index (χ0n) is 8.34. The summed E-state index contributed by atoms with van der Waals surface area (Å²) >= 11 is 0. The summed E-state index contributed by atoms with van der Waals surface area (Å²) in [6.45, 7) is 4.79. The van der Waals surface area contributed by atoms with Crippen molar-refractivity contribution < 1.29 is 4.79 Å². The third-order valence-corrected chi connectivity index (χ3v) is 2.15. The summed E-state index contributed by atoms with van der Waals surface area (Å²) in [5.41, 5.74) is 5.69. The molecule has 0 bridgehead atoms. The Bertz CT molecular complexity index is 136. The predicted molar refractivity (Wildman–Crippen MR) is 50.8 cm³/mol. The van der Waals surface area contributed by atoms with Gasteiger partial charge in [-0.25, -0.2) is 0 Å². The van der Waals surface area contributed by atoms with Crippen molar-refractivity contribution in [3.63, 3.8) is 0 Å². The molecule has 0 saturated carbocycles. The van der Waals surface area contributed by atoms with Gasteiger partial charge in [-0.3, -0.25) is 4.79 Å². The average Bonchev–Trinajstić information content (AvgIpc) is 2.11. The monoisotopic (exact) mass is 172 g/mol. The van der Waals surface area contributed by atoms with E-state index in [-0.39, 0.29) is 11.9 Å². The Morgan fingerprint density at radius 2 is 2.08 bits per heavy atom. The van der Waals surface area contributed by atoms with Gasteiger partial charge in [-0.2, -0.15) is 0 Å². The second kappa shape index (κ2) is 6.00. The summed E-state index contributed by atoms with van der Waals surface area (Å²) in [4.78, 5) is 13.0. The molecule has 0 aromatic rings. The Hall–Kier alpha value is -0.570. The van der Waals surface area contributed by atoms with Crippen LogP contribution >= 0.6 is 0 Å². The Morgan fingerprint density at radius 3 is 2.50 bits per heavy atom. The van der Waals surface area contributed by atoms with E-state index >= 15 is 0 Å². The molecular weight excluding hydrogens is 152 g/mol. The number of rotatable bonds is 5. The molecule has 0 aliphatic heterocycles. The van der Waals surface area contributed by atoms with Crippen LogP contribution in [-0.2, 0) is 4.79 Å². The van der Waals surface area contributed by atoms with E-state index in [2.05, 4.69) is 0 Å². The fraction of sp³-hybridized carbons (Fsp3) is 0.889. The molecule has 0 saturated heterocycles. The number of hydrogen-bond acceptors (Lipinski definition) is 2. The Balaban J connectivity index is 3.56. The van der Waals surface area contributed by atoms with Gasteiger partial charge in [0.25, 0.3) is 0 Å². The van der Waals surface area contributed by atoms with Crippen LogP contribution in [-0.4, -0.2) is 30.4 Å². The van der Waals surface area contributed by atoms with Gasteiger partial charge in [-0.15, -0.1) is 0 Å². The van der Waals surface area contributed by atoms with Gasteiger partial charge in [-0.1, -0.05) is 6.92 Å². The second-order valence-corrected chi connectivity index (χ2v) is 3.11. The molecule has 1 amide bonds. The highest BCUT2D eigenvalue weighted by Gasteiger charge is 2.08. The van der Waals surface area contributed by atoms with Crippen molar-refractivity contribution in [2.45, 2.75) is 39.2 Å². The van der Waals surface area contributed by atoms with Gasteiger partial charge in [0, 0.05) is 26.1 Å². The lowest BCUT2D eigenvalue weighted by Gasteiger charge is -2.15. The fourth-order valence-electron chi connectivity index (χ4n) is 0.880. The van der Waals surface area contributed by atoms with E-state index in [1.54, 1.807) is 4.90 Å². The molecule has 3 heteroatoms. The molecule has 1 unspecified atom stereocenters. The standard InChI is InChI=1S/C9H20N2O/c1-4-8(10)6-7-9(12)11(3)5-2/h8H,4-7,10H2,1-3H3. The first-order valence-electron chi connectivity index (χ1n) is 4.61. The first kappa shape index (κ1) is 11.4. The first-order chi connectivity index (χ1) is 5.61. The molecule has 0 fully saturated rings. The first-order valence-corrected chi connectivity index (χ1v) is 4.61. The van der Waals surface area contributed by atoms with Gasteiger partial charge in [0.05, 0.1) is 0 Å². The van der Waals surface area contributed by atoms with Gasteiger partial charge < -0.3 is 10.6 Å². The summed E-state index contributed by atoms with van der Waals surface area (Å²) in [6.07, 6.45) is 2.34. The highest BCUT2D eigenvalue weighted by Crippen LogP contribution is 2.00. The van der Waals surface area contributed by atoms with Crippen LogP contribution in [0.3, 0.4) is 0 Å². The van der Waals surface area contributed by atoms with Gasteiger partial charge in [-0.05, 0) is 19.8 Å². The predicted octanol–water partition coefficient (Wildman–Crippen LogP) is 0.982. The van der Waals surface area contributed by atoms with Gasteiger partial charge in [0.1, 0.15) is 0 Å². The lowest BCUT2D eigenvalue weighted by atomic mass is 10.1. The van der Waals surface area contributed by atoms with Crippen LogP contribution in [0, 0.1) is 0 Å². The quantitative estimate of drug-likeness (QED) is 0.672. The number of carbonyl (C=O) groups excluding carboxylic acids is 1. The smallest absolute Gasteiger partial charge is 0.222 e. The van der Waals surface area contributed by atoms with Crippen LogP contribution in [0.2, 0.25) is 0 Å². The molecular formula is C9H20N2O. The highest BCUT2D eigenvalue weighted by molar-refractivity contribution is 5.75. The van der Waals surface area contributed by atoms with Crippen molar-refractivity contribution in [2.24, 2.45) is 5.73 Å².